The van der Waals surface area contributed by atoms with Crippen LogP contribution in [0.3, 0.4) is 0 Å². The Bertz CT molecular complexity index is 411. The minimum atomic E-state index is -0.220. The van der Waals surface area contributed by atoms with E-state index >= 15 is 0 Å². The molecule has 0 radical (unpaired) electrons. The van der Waals surface area contributed by atoms with Crippen LogP contribution < -0.4 is 5.73 Å². The van der Waals surface area contributed by atoms with Gasteiger partial charge < -0.3 is 10.2 Å². The number of hydrogen-bond acceptors (Lipinski definition) is 2. The molecule has 1 aromatic carbocycles. The lowest BCUT2D eigenvalue weighted by Crippen LogP contribution is -2.11. The fraction of sp³-hybridized carbons (Fsp3) is 0.0909. The highest BCUT2D eigenvalue weighted by Gasteiger charge is 2.12. The molecule has 0 saturated carbocycles. The summed E-state index contributed by atoms with van der Waals surface area (Å²) in [5.74, 6) is 0. The zero-order valence-corrected chi connectivity index (χ0v) is 8.24. The van der Waals surface area contributed by atoms with Gasteiger partial charge in [0.05, 0.1) is 18.6 Å². The maximum atomic E-state index is 6.03. The molecule has 0 fully saturated rings. The van der Waals surface area contributed by atoms with Gasteiger partial charge in [-0.1, -0.05) is 29.8 Å². The number of halogens is 1. The molecule has 1 atom stereocenters. The monoisotopic (exact) mass is 207 g/mol. The minimum absolute atomic E-state index is 0.220. The van der Waals surface area contributed by atoms with E-state index in [4.69, 9.17) is 21.8 Å². The van der Waals surface area contributed by atoms with E-state index < -0.39 is 0 Å². The molecule has 0 bridgehead atoms. The van der Waals surface area contributed by atoms with Gasteiger partial charge in [0.25, 0.3) is 0 Å². The number of nitrogens with two attached hydrogens (primary N) is 1. The minimum Gasteiger partial charge on any atom is -0.472 e. The van der Waals surface area contributed by atoms with Crippen LogP contribution in [-0.4, -0.2) is 0 Å². The smallest absolute Gasteiger partial charge is 0.0953 e. The second kappa shape index (κ2) is 3.86. The molecule has 0 aliphatic heterocycles. The van der Waals surface area contributed by atoms with Gasteiger partial charge in [-0.2, -0.15) is 0 Å². The molecular formula is C11H10ClNO. The van der Waals surface area contributed by atoms with Gasteiger partial charge in [0, 0.05) is 10.6 Å². The average molecular weight is 208 g/mol. The lowest BCUT2D eigenvalue weighted by atomic mass is 10.0. The van der Waals surface area contributed by atoms with Crippen LogP contribution in [-0.2, 0) is 0 Å². The van der Waals surface area contributed by atoms with Gasteiger partial charge in [-0.05, 0) is 17.7 Å². The quantitative estimate of drug-likeness (QED) is 0.823. The van der Waals surface area contributed by atoms with Gasteiger partial charge in [-0.25, -0.2) is 0 Å². The first kappa shape index (κ1) is 9.31. The summed E-state index contributed by atoms with van der Waals surface area (Å²) >= 11 is 6.03. The molecule has 2 nitrogen and oxygen atoms in total. The summed E-state index contributed by atoms with van der Waals surface area (Å²) in [6.07, 6.45) is 3.24. The molecule has 2 N–H and O–H groups in total. The molecule has 0 amide bonds. The van der Waals surface area contributed by atoms with Gasteiger partial charge in [-0.15, -0.1) is 0 Å². The van der Waals surface area contributed by atoms with Gasteiger partial charge in [0.15, 0.2) is 0 Å². The molecule has 2 rings (SSSR count). The molecule has 0 aliphatic rings. The third kappa shape index (κ3) is 1.67. The van der Waals surface area contributed by atoms with Crippen LogP contribution in [0, 0.1) is 0 Å². The van der Waals surface area contributed by atoms with Crippen molar-refractivity contribution < 1.29 is 4.42 Å². The van der Waals surface area contributed by atoms with Gasteiger partial charge in [0.2, 0.25) is 0 Å². The van der Waals surface area contributed by atoms with Crippen LogP contribution in [0.15, 0.2) is 47.3 Å². The third-order valence-electron chi connectivity index (χ3n) is 2.14. The number of benzene rings is 1. The van der Waals surface area contributed by atoms with Crippen LogP contribution in [0.5, 0.6) is 0 Å². The summed E-state index contributed by atoms with van der Waals surface area (Å²) in [5, 5.41) is 0.682. The Morgan fingerprint density at radius 2 is 2.00 bits per heavy atom. The molecule has 0 spiro atoms. The summed E-state index contributed by atoms with van der Waals surface area (Å²) in [5.41, 5.74) is 7.86. The molecule has 1 heterocycles. The van der Waals surface area contributed by atoms with Crippen molar-refractivity contribution in [3.8, 4) is 0 Å². The van der Waals surface area contributed by atoms with Crippen molar-refractivity contribution in [2.45, 2.75) is 6.04 Å². The maximum Gasteiger partial charge on any atom is 0.0953 e. The van der Waals surface area contributed by atoms with Crippen LogP contribution in [0.4, 0.5) is 0 Å². The number of furan rings is 1. The highest BCUT2D eigenvalue weighted by atomic mass is 35.5. The zero-order chi connectivity index (χ0) is 9.97. The Kier molecular flexibility index (Phi) is 2.57. The Labute approximate surface area is 87.3 Å². The van der Waals surface area contributed by atoms with E-state index in [-0.39, 0.29) is 6.04 Å². The van der Waals surface area contributed by atoms with Crippen LogP contribution >= 0.6 is 11.6 Å². The number of hydrogen-bond donors (Lipinski definition) is 1. The van der Waals surface area contributed by atoms with Gasteiger partial charge >= 0.3 is 0 Å². The standard InChI is InChI=1S/C11H10ClNO/c12-10-4-2-1-3-9(10)11(13)8-5-6-14-7-8/h1-7,11H,13H2. The second-order valence-corrected chi connectivity index (χ2v) is 3.46. The Morgan fingerprint density at radius 1 is 1.21 bits per heavy atom. The first-order valence-corrected chi connectivity index (χ1v) is 4.69. The molecule has 0 saturated heterocycles. The van der Waals surface area contributed by atoms with E-state index in [0.717, 1.165) is 11.1 Å². The van der Waals surface area contributed by atoms with E-state index in [9.17, 15) is 0 Å². The van der Waals surface area contributed by atoms with E-state index in [1.54, 1.807) is 12.5 Å². The maximum absolute atomic E-state index is 6.03. The Hall–Kier alpha value is -1.25. The average Bonchev–Trinajstić information content (AvgIpc) is 2.70. The van der Waals surface area contributed by atoms with Crippen molar-refractivity contribution in [1.29, 1.82) is 0 Å². The van der Waals surface area contributed by atoms with E-state index in [1.165, 1.54) is 0 Å². The van der Waals surface area contributed by atoms with Crippen molar-refractivity contribution in [2.75, 3.05) is 0 Å². The van der Waals surface area contributed by atoms with Crippen LogP contribution in [0.1, 0.15) is 17.2 Å². The molecule has 3 heteroatoms. The van der Waals surface area contributed by atoms with Crippen LogP contribution in [0.25, 0.3) is 0 Å². The van der Waals surface area contributed by atoms with Gasteiger partial charge in [0.1, 0.15) is 0 Å². The lowest BCUT2D eigenvalue weighted by Gasteiger charge is -2.10. The zero-order valence-electron chi connectivity index (χ0n) is 7.48. The van der Waals surface area contributed by atoms with Crippen molar-refractivity contribution in [3.05, 3.63) is 59.0 Å². The predicted octanol–water partition coefficient (Wildman–Crippen LogP) is 2.98. The normalized spacial score (nSPS) is 12.7. The molecule has 1 aromatic heterocycles. The third-order valence-corrected chi connectivity index (χ3v) is 2.49. The predicted molar refractivity (Wildman–Crippen MR) is 56.2 cm³/mol. The first-order valence-electron chi connectivity index (χ1n) is 4.31. The topological polar surface area (TPSA) is 39.2 Å². The van der Waals surface area contributed by atoms with Crippen molar-refractivity contribution in [3.63, 3.8) is 0 Å². The van der Waals surface area contributed by atoms with Gasteiger partial charge in [-0.3, -0.25) is 0 Å². The second-order valence-electron chi connectivity index (χ2n) is 3.06. The number of rotatable bonds is 2. The Morgan fingerprint density at radius 3 is 2.64 bits per heavy atom. The van der Waals surface area contributed by atoms with E-state index in [1.807, 2.05) is 30.3 Å². The van der Waals surface area contributed by atoms with Crippen molar-refractivity contribution in [2.24, 2.45) is 5.73 Å². The molecule has 1 unspecified atom stereocenters. The fourth-order valence-electron chi connectivity index (χ4n) is 1.36. The van der Waals surface area contributed by atoms with E-state index in [0.29, 0.717) is 5.02 Å². The SMILES string of the molecule is NC(c1ccoc1)c1ccccc1Cl. The highest BCUT2D eigenvalue weighted by molar-refractivity contribution is 6.31. The Balaban J connectivity index is 2.37. The van der Waals surface area contributed by atoms with Crippen molar-refractivity contribution in [1.82, 2.24) is 0 Å². The first-order chi connectivity index (χ1) is 6.79. The molecule has 0 aliphatic carbocycles. The molecule has 72 valence electrons. The lowest BCUT2D eigenvalue weighted by molar-refractivity contribution is 0.562. The molecule has 2 aromatic rings. The fourth-order valence-corrected chi connectivity index (χ4v) is 1.61. The highest BCUT2D eigenvalue weighted by Crippen LogP contribution is 2.26. The summed E-state index contributed by atoms with van der Waals surface area (Å²) in [6, 6.07) is 9.17. The van der Waals surface area contributed by atoms with E-state index in [2.05, 4.69) is 0 Å². The largest absolute Gasteiger partial charge is 0.472 e. The molecular weight excluding hydrogens is 198 g/mol. The van der Waals surface area contributed by atoms with Crippen LogP contribution in [0.2, 0.25) is 5.02 Å². The van der Waals surface area contributed by atoms with Crippen molar-refractivity contribution >= 4 is 11.6 Å². The summed E-state index contributed by atoms with van der Waals surface area (Å²) in [7, 11) is 0. The summed E-state index contributed by atoms with van der Waals surface area (Å²) in [4.78, 5) is 0. The summed E-state index contributed by atoms with van der Waals surface area (Å²) < 4.78 is 4.97. The summed E-state index contributed by atoms with van der Waals surface area (Å²) in [6.45, 7) is 0. The molecule has 14 heavy (non-hydrogen) atoms.